The lowest BCUT2D eigenvalue weighted by molar-refractivity contribution is 0.623. The number of rotatable bonds is 1. The highest BCUT2D eigenvalue weighted by Gasteiger charge is 2.37. The molecular formula is C26H18ClNO. The molecule has 0 unspecified atom stereocenters. The molecule has 2 nitrogen and oxygen atoms in total. The van der Waals surface area contributed by atoms with Gasteiger partial charge in [0.25, 0.3) is 0 Å². The van der Waals surface area contributed by atoms with E-state index >= 15 is 0 Å². The summed E-state index contributed by atoms with van der Waals surface area (Å²) in [7, 11) is 0. The van der Waals surface area contributed by atoms with Crippen LogP contribution in [0.5, 0.6) is 0 Å². The van der Waals surface area contributed by atoms with Crippen molar-refractivity contribution in [3.05, 3.63) is 88.9 Å². The lowest BCUT2D eigenvalue weighted by Crippen LogP contribution is -2.14. The van der Waals surface area contributed by atoms with Crippen LogP contribution in [0.4, 0.5) is 0 Å². The van der Waals surface area contributed by atoms with E-state index in [2.05, 4.69) is 44.2 Å². The summed E-state index contributed by atoms with van der Waals surface area (Å²) in [6, 6.07) is 24.9. The van der Waals surface area contributed by atoms with Crippen LogP contribution < -0.4 is 0 Å². The van der Waals surface area contributed by atoms with Crippen molar-refractivity contribution in [1.29, 1.82) is 0 Å². The Balaban J connectivity index is 1.74. The topological polar surface area (TPSA) is 26.0 Å². The van der Waals surface area contributed by atoms with Crippen LogP contribution in [0.15, 0.2) is 77.2 Å². The molecule has 1 aliphatic carbocycles. The molecule has 4 aromatic carbocycles. The lowest BCUT2D eigenvalue weighted by atomic mass is 9.82. The Morgan fingerprint density at radius 2 is 1.66 bits per heavy atom. The average Bonchev–Trinajstić information content (AvgIpc) is 3.26. The molecular weight excluding hydrogens is 378 g/mol. The van der Waals surface area contributed by atoms with Crippen molar-refractivity contribution in [2.45, 2.75) is 19.3 Å². The van der Waals surface area contributed by atoms with Crippen molar-refractivity contribution >= 4 is 33.5 Å². The molecule has 6 rings (SSSR count). The van der Waals surface area contributed by atoms with Gasteiger partial charge in [0, 0.05) is 21.4 Å². The standard InChI is InChI=1S/C26H18ClNO/c1-26(2)19-12-8-15-9-13-21-24(29-25(28-21)16-6-4-3-5-7-16)22(15)23(19)18-11-10-17(27)14-20(18)26/h3-14H,1-2H3. The van der Waals surface area contributed by atoms with Crippen LogP contribution in [-0.2, 0) is 5.41 Å². The molecule has 0 spiro atoms. The maximum absolute atomic E-state index is 6.36. The highest BCUT2D eigenvalue weighted by atomic mass is 35.5. The smallest absolute Gasteiger partial charge is 0.227 e. The van der Waals surface area contributed by atoms with Gasteiger partial charge in [-0.3, -0.25) is 0 Å². The van der Waals surface area contributed by atoms with Crippen LogP contribution >= 0.6 is 11.6 Å². The Hall–Kier alpha value is -3.10. The van der Waals surface area contributed by atoms with Crippen LogP contribution in [0.1, 0.15) is 25.0 Å². The summed E-state index contributed by atoms with van der Waals surface area (Å²) in [5.41, 5.74) is 7.61. The number of halogens is 1. The van der Waals surface area contributed by atoms with E-state index in [-0.39, 0.29) is 5.41 Å². The van der Waals surface area contributed by atoms with Crippen molar-refractivity contribution in [2.24, 2.45) is 0 Å². The van der Waals surface area contributed by atoms with Gasteiger partial charge in [0.1, 0.15) is 5.52 Å². The van der Waals surface area contributed by atoms with E-state index in [0.717, 1.165) is 32.5 Å². The number of aromatic nitrogens is 1. The predicted octanol–water partition coefficient (Wildman–Crippen LogP) is 7.61. The van der Waals surface area contributed by atoms with Crippen molar-refractivity contribution in [3.63, 3.8) is 0 Å². The minimum atomic E-state index is -0.117. The van der Waals surface area contributed by atoms with E-state index in [1.807, 2.05) is 42.5 Å². The van der Waals surface area contributed by atoms with E-state index in [1.54, 1.807) is 0 Å². The first-order valence-electron chi connectivity index (χ1n) is 9.76. The quantitative estimate of drug-likeness (QED) is 0.292. The largest absolute Gasteiger partial charge is 0.435 e. The number of nitrogens with zero attached hydrogens (tertiary/aromatic N) is 1. The van der Waals surface area contributed by atoms with Crippen molar-refractivity contribution in [3.8, 4) is 22.6 Å². The summed E-state index contributed by atoms with van der Waals surface area (Å²) in [5, 5.41) is 3.06. The number of benzene rings is 4. The molecule has 0 amide bonds. The molecule has 29 heavy (non-hydrogen) atoms. The Morgan fingerprint density at radius 3 is 2.48 bits per heavy atom. The molecule has 1 heterocycles. The van der Waals surface area contributed by atoms with Gasteiger partial charge in [0.2, 0.25) is 5.89 Å². The summed E-state index contributed by atoms with van der Waals surface area (Å²) in [6.45, 7) is 4.52. The number of fused-ring (bicyclic) bond motifs is 7. The highest BCUT2D eigenvalue weighted by molar-refractivity contribution is 6.31. The lowest BCUT2D eigenvalue weighted by Gasteiger charge is -2.21. The molecule has 0 radical (unpaired) electrons. The maximum atomic E-state index is 6.36. The SMILES string of the molecule is CC1(C)c2cc(Cl)ccc2-c2c1ccc1ccc3nc(-c4ccccc4)oc3c21. The monoisotopic (exact) mass is 395 g/mol. The fraction of sp³-hybridized carbons (Fsp3) is 0.115. The zero-order valence-corrected chi connectivity index (χ0v) is 16.9. The van der Waals surface area contributed by atoms with Gasteiger partial charge >= 0.3 is 0 Å². The fourth-order valence-electron chi connectivity index (χ4n) is 4.70. The molecule has 0 N–H and O–H groups in total. The second kappa shape index (κ2) is 5.71. The predicted molar refractivity (Wildman–Crippen MR) is 120 cm³/mol. The van der Waals surface area contributed by atoms with Gasteiger partial charge in [-0.25, -0.2) is 4.98 Å². The van der Waals surface area contributed by atoms with E-state index in [9.17, 15) is 0 Å². The molecule has 140 valence electrons. The summed E-state index contributed by atoms with van der Waals surface area (Å²) < 4.78 is 6.36. The van der Waals surface area contributed by atoms with Crippen LogP contribution in [0.2, 0.25) is 5.02 Å². The van der Waals surface area contributed by atoms with Crippen molar-refractivity contribution < 1.29 is 4.42 Å². The third-order valence-corrected chi connectivity index (χ3v) is 6.39. The van der Waals surface area contributed by atoms with E-state index < -0.39 is 0 Å². The van der Waals surface area contributed by atoms with Gasteiger partial charge in [-0.05, 0) is 58.0 Å². The van der Waals surface area contributed by atoms with Crippen LogP contribution in [0.25, 0.3) is 44.5 Å². The van der Waals surface area contributed by atoms with Crippen LogP contribution in [-0.4, -0.2) is 4.98 Å². The van der Waals surface area contributed by atoms with Gasteiger partial charge < -0.3 is 4.42 Å². The maximum Gasteiger partial charge on any atom is 0.227 e. The Labute approximate surface area is 173 Å². The van der Waals surface area contributed by atoms with E-state index in [1.165, 1.54) is 22.3 Å². The molecule has 0 fully saturated rings. The third kappa shape index (κ3) is 2.27. The molecule has 0 bridgehead atoms. The van der Waals surface area contributed by atoms with Crippen molar-refractivity contribution in [2.75, 3.05) is 0 Å². The van der Waals surface area contributed by atoms with Gasteiger partial charge in [0.15, 0.2) is 5.58 Å². The molecule has 0 atom stereocenters. The van der Waals surface area contributed by atoms with E-state index in [0.29, 0.717) is 5.89 Å². The normalized spacial score (nSPS) is 14.3. The molecule has 0 saturated carbocycles. The molecule has 1 aromatic heterocycles. The number of hydrogen-bond donors (Lipinski definition) is 0. The molecule has 5 aromatic rings. The minimum absolute atomic E-state index is 0.117. The zero-order valence-electron chi connectivity index (χ0n) is 16.2. The average molecular weight is 396 g/mol. The first-order valence-corrected chi connectivity index (χ1v) is 10.1. The second-order valence-electron chi connectivity index (χ2n) is 8.20. The van der Waals surface area contributed by atoms with E-state index in [4.69, 9.17) is 21.0 Å². The first kappa shape index (κ1) is 16.8. The van der Waals surface area contributed by atoms with Gasteiger partial charge in [-0.2, -0.15) is 0 Å². The summed E-state index contributed by atoms with van der Waals surface area (Å²) in [4.78, 5) is 4.78. The number of oxazole rings is 1. The molecule has 3 heteroatoms. The Morgan fingerprint density at radius 1 is 0.862 bits per heavy atom. The zero-order chi connectivity index (χ0) is 19.8. The van der Waals surface area contributed by atoms with Crippen LogP contribution in [0, 0.1) is 0 Å². The first-order chi connectivity index (χ1) is 14.0. The van der Waals surface area contributed by atoms with Gasteiger partial charge in [0.05, 0.1) is 0 Å². The Bertz CT molecular complexity index is 1430. The fourth-order valence-corrected chi connectivity index (χ4v) is 4.87. The summed E-state index contributed by atoms with van der Waals surface area (Å²) in [5.74, 6) is 0.652. The van der Waals surface area contributed by atoms with Crippen molar-refractivity contribution in [1.82, 2.24) is 4.98 Å². The van der Waals surface area contributed by atoms with Gasteiger partial charge in [-0.1, -0.05) is 67.9 Å². The summed E-state index contributed by atoms with van der Waals surface area (Å²) in [6.07, 6.45) is 0. The number of hydrogen-bond acceptors (Lipinski definition) is 2. The summed E-state index contributed by atoms with van der Waals surface area (Å²) >= 11 is 6.35. The second-order valence-corrected chi connectivity index (χ2v) is 8.64. The molecule has 0 saturated heterocycles. The van der Waals surface area contributed by atoms with Crippen LogP contribution in [0.3, 0.4) is 0 Å². The molecule has 0 aliphatic heterocycles. The Kier molecular flexibility index (Phi) is 3.31. The minimum Gasteiger partial charge on any atom is -0.435 e. The third-order valence-electron chi connectivity index (χ3n) is 6.16. The molecule has 1 aliphatic rings. The van der Waals surface area contributed by atoms with Gasteiger partial charge in [-0.15, -0.1) is 0 Å². The highest BCUT2D eigenvalue weighted by Crippen LogP contribution is 2.53.